The van der Waals surface area contributed by atoms with Gasteiger partial charge in [0.1, 0.15) is 11.9 Å². The van der Waals surface area contributed by atoms with Crippen molar-refractivity contribution < 1.29 is 13.2 Å². The van der Waals surface area contributed by atoms with Crippen LogP contribution in [0.5, 0.6) is 5.75 Å². The molecule has 1 N–H and O–H groups in total. The molecule has 0 aliphatic carbocycles. The Bertz CT molecular complexity index is 539. The number of ether oxygens (including phenoxy) is 1. The zero-order valence-electron chi connectivity index (χ0n) is 12.8. The van der Waals surface area contributed by atoms with E-state index >= 15 is 0 Å². The van der Waals surface area contributed by atoms with Gasteiger partial charge >= 0.3 is 0 Å². The molecule has 4 nitrogen and oxygen atoms in total. The highest BCUT2D eigenvalue weighted by atomic mass is 32.2. The second-order valence-corrected chi connectivity index (χ2v) is 8.01. The van der Waals surface area contributed by atoms with Crippen molar-refractivity contribution in [2.45, 2.75) is 45.3 Å². The number of hydrogen-bond acceptors (Lipinski definition) is 4. The summed E-state index contributed by atoms with van der Waals surface area (Å²) in [6.07, 6.45) is 2.56. The van der Waals surface area contributed by atoms with Gasteiger partial charge in [-0.1, -0.05) is 19.1 Å². The number of aryl methyl sites for hydroxylation is 1. The monoisotopic (exact) mass is 311 g/mol. The molecule has 1 aromatic carbocycles. The molecule has 118 valence electrons. The second kappa shape index (κ2) is 7.27. The first-order valence-corrected chi connectivity index (χ1v) is 9.50. The Morgan fingerprint density at radius 2 is 2.05 bits per heavy atom. The minimum absolute atomic E-state index is 0.148. The van der Waals surface area contributed by atoms with Crippen LogP contribution in [-0.4, -0.2) is 38.6 Å². The summed E-state index contributed by atoms with van der Waals surface area (Å²) in [5.41, 5.74) is 1.28. The highest BCUT2D eigenvalue weighted by molar-refractivity contribution is 7.91. The number of sulfone groups is 1. The van der Waals surface area contributed by atoms with Gasteiger partial charge in [-0.25, -0.2) is 8.42 Å². The molecule has 2 atom stereocenters. The molecule has 2 rings (SSSR count). The predicted octanol–water partition coefficient (Wildman–Crippen LogP) is 2.18. The van der Waals surface area contributed by atoms with Crippen LogP contribution in [0.4, 0.5) is 0 Å². The lowest BCUT2D eigenvalue weighted by Gasteiger charge is -2.14. The Hall–Kier alpha value is -1.07. The average Bonchev–Trinajstić information content (AvgIpc) is 2.77. The average molecular weight is 311 g/mol. The van der Waals surface area contributed by atoms with E-state index in [9.17, 15) is 8.42 Å². The Labute approximate surface area is 127 Å². The Morgan fingerprint density at radius 3 is 2.62 bits per heavy atom. The zero-order chi connectivity index (χ0) is 15.3. The molecule has 1 aliphatic heterocycles. The predicted molar refractivity (Wildman–Crippen MR) is 85.6 cm³/mol. The van der Waals surface area contributed by atoms with E-state index in [1.165, 1.54) is 5.56 Å². The van der Waals surface area contributed by atoms with Crippen molar-refractivity contribution in [2.75, 3.05) is 18.1 Å². The van der Waals surface area contributed by atoms with Gasteiger partial charge in [0, 0.05) is 6.04 Å². The molecule has 5 heteroatoms. The van der Waals surface area contributed by atoms with E-state index in [4.69, 9.17) is 4.74 Å². The van der Waals surface area contributed by atoms with Crippen LogP contribution in [-0.2, 0) is 16.3 Å². The summed E-state index contributed by atoms with van der Waals surface area (Å²) < 4.78 is 28.5. The lowest BCUT2D eigenvalue weighted by molar-refractivity contribution is 0.229. The largest absolute Gasteiger partial charge is 0.489 e. The van der Waals surface area contributed by atoms with Gasteiger partial charge in [-0.3, -0.25) is 0 Å². The molecule has 0 spiro atoms. The number of nitrogens with one attached hydrogen (secondary N) is 1. The first-order valence-electron chi connectivity index (χ1n) is 7.68. The van der Waals surface area contributed by atoms with Gasteiger partial charge in [0.2, 0.25) is 0 Å². The Morgan fingerprint density at radius 1 is 1.33 bits per heavy atom. The minimum Gasteiger partial charge on any atom is -0.489 e. The first-order chi connectivity index (χ1) is 9.98. The van der Waals surface area contributed by atoms with Gasteiger partial charge in [0.25, 0.3) is 0 Å². The molecule has 1 heterocycles. The van der Waals surface area contributed by atoms with E-state index in [0.29, 0.717) is 12.5 Å². The fraction of sp³-hybridized carbons (Fsp3) is 0.625. The third kappa shape index (κ3) is 5.32. The molecule has 1 aromatic rings. The van der Waals surface area contributed by atoms with E-state index in [0.717, 1.165) is 25.1 Å². The van der Waals surface area contributed by atoms with E-state index in [-0.39, 0.29) is 17.6 Å². The molecular weight excluding hydrogens is 286 g/mol. The summed E-state index contributed by atoms with van der Waals surface area (Å²) in [4.78, 5) is 0. The fourth-order valence-electron chi connectivity index (χ4n) is 2.61. The van der Waals surface area contributed by atoms with Crippen LogP contribution in [0.25, 0.3) is 0 Å². The topological polar surface area (TPSA) is 55.4 Å². The van der Waals surface area contributed by atoms with Gasteiger partial charge in [-0.15, -0.1) is 0 Å². The highest BCUT2D eigenvalue weighted by Gasteiger charge is 2.29. The van der Waals surface area contributed by atoms with Crippen molar-refractivity contribution in [1.82, 2.24) is 5.32 Å². The van der Waals surface area contributed by atoms with Crippen LogP contribution in [0.3, 0.4) is 0 Å². The van der Waals surface area contributed by atoms with Crippen LogP contribution in [0.15, 0.2) is 24.3 Å². The maximum absolute atomic E-state index is 11.4. The molecule has 1 aliphatic rings. The maximum Gasteiger partial charge on any atom is 0.154 e. The zero-order valence-corrected chi connectivity index (χ0v) is 13.7. The summed E-state index contributed by atoms with van der Waals surface area (Å²) in [5.74, 6) is 1.16. The van der Waals surface area contributed by atoms with Crippen molar-refractivity contribution >= 4 is 9.84 Å². The quantitative estimate of drug-likeness (QED) is 0.838. The van der Waals surface area contributed by atoms with E-state index in [1.807, 2.05) is 12.1 Å². The van der Waals surface area contributed by atoms with E-state index in [1.54, 1.807) is 0 Å². The molecule has 0 aromatic heterocycles. The Balaban J connectivity index is 1.82. The molecule has 1 fully saturated rings. The standard InChI is InChI=1S/C16H25NO3S/c1-3-17-13(2)4-5-14-6-8-15(9-7-14)20-16-10-11-21(18,19)12-16/h6-9,13,16-17H,3-5,10-12H2,1-2H3. The molecule has 1 saturated heterocycles. The summed E-state index contributed by atoms with van der Waals surface area (Å²) >= 11 is 0. The maximum atomic E-state index is 11.4. The van der Waals surface area contributed by atoms with Crippen molar-refractivity contribution in [3.05, 3.63) is 29.8 Å². The van der Waals surface area contributed by atoms with Gasteiger partial charge in [0.05, 0.1) is 11.5 Å². The van der Waals surface area contributed by atoms with Crippen LogP contribution < -0.4 is 10.1 Å². The van der Waals surface area contributed by atoms with Gasteiger partial charge in [-0.05, 0) is 50.4 Å². The van der Waals surface area contributed by atoms with Crippen molar-refractivity contribution in [2.24, 2.45) is 0 Å². The third-order valence-electron chi connectivity index (χ3n) is 3.84. The molecule has 0 radical (unpaired) electrons. The van der Waals surface area contributed by atoms with Crippen molar-refractivity contribution in [3.8, 4) is 5.75 Å². The normalized spacial score (nSPS) is 22.1. The summed E-state index contributed by atoms with van der Waals surface area (Å²) in [7, 11) is -2.88. The van der Waals surface area contributed by atoms with Crippen LogP contribution >= 0.6 is 0 Å². The summed E-state index contributed by atoms with van der Waals surface area (Å²) in [6, 6.07) is 8.54. The summed E-state index contributed by atoms with van der Waals surface area (Å²) in [5, 5.41) is 3.40. The number of rotatable bonds is 7. The SMILES string of the molecule is CCNC(C)CCc1ccc(OC2CCS(=O)(=O)C2)cc1. The molecule has 2 unspecified atom stereocenters. The van der Waals surface area contributed by atoms with Crippen LogP contribution in [0.1, 0.15) is 32.3 Å². The van der Waals surface area contributed by atoms with Crippen LogP contribution in [0.2, 0.25) is 0 Å². The van der Waals surface area contributed by atoms with Crippen molar-refractivity contribution in [1.29, 1.82) is 0 Å². The summed E-state index contributed by atoms with van der Waals surface area (Å²) in [6.45, 7) is 5.31. The highest BCUT2D eigenvalue weighted by Crippen LogP contribution is 2.20. The number of benzene rings is 1. The van der Waals surface area contributed by atoms with Gasteiger partial charge in [0.15, 0.2) is 9.84 Å². The molecular formula is C16H25NO3S. The molecule has 0 bridgehead atoms. The van der Waals surface area contributed by atoms with Gasteiger partial charge in [-0.2, -0.15) is 0 Å². The van der Waals surface area contributed by atoms with Crippen LogP contribution in [0, 0.1) is 0 Å². The lowest BCUT2D eigenvalue weighted by atomic mass is 10.1. The minimum atomic E-state index is -2.88. The van der Waals surface area contributed by atoms with Gasteiger partial charge < -0.3 is 10.1 Å². The second-order valence-electron chi connectivity index (χ2n) is 5.78. The van der Waals surface area contributed by atoms with Crippen molar-refractivity contribution in [3.63, 3.8) is 0 Å². The molecule has 0 amide bonds. The molecule has 0 saturated carbocycles. The third-order valence-corrected chi connectivity index (χ3v) is 5.57. The Kier molecular flexibility index (Phi) is 5.65. The molecule has 21 heavy (non-hydrogen) atoms. The van der Waals surface area contributed by atoms with E-state index < -0.39 is 9.84 Å². The smallest absolute Gasteiger partial charge is 0.154 e. The first kappa shape index (κ1) is 16.3. The van der Waals surface area contributed by atoms with E-state index in [2.05, 4.69) is 31.3 Å². The fourth-order valence-corrected chi connectivity index (χ4v) is 4.20. The number of hydrogen-bond donors (Lipinski definition) is 1. The lowest BCUT2D eigenvalue weighted by Crippen LogP contribution is -2.25.